The molecule has 0 bridgehead atoms. The van der Waals surface area contributed by atoms with E-state index in [1.54, 1.807) is 0 Å². The largest absolute Gasteiger partial charge is 0.371 e. The van der Waals surface area contributed by atoms with Crippen molar-refractivity contribution in [2.45, 2.75) is 25.5 Å². The molecule has 4 heteroatoms. The first-order valence-electron chi connectivity index (χ1n) is 8.34. The lowest BCUT2D eigenvalue weighted by molar-refractivity contribution is -0.0665. The van der Waals surface area contributed by atoms with E-state index in [0.29, 0.717) is 13.0 Å². The van der Waals surface area contributed by atoms with Crippen LogP contribution >= 0.6 is 15.9 Å². The van der Waals surface area contributed by atoms with E-state index in [0.717, 1.165) is 23.1 Å². The molecule has 0 aromatic heterocycles. The van der Waals surface area contributed by atoms with E-state index in [2.05, 4.69) is 39.9 Å². The molecule has 0 radical (unpaired) electrons. The highest BCUT2D eigenvalue weighted by molar-refractivity contribution is 9.10. The minimum Gasteiger partial charge on any atom is -0.371 e. The number of morpholine rings is 1. The lowest BCUT2D eigenvalue weighted by Crippen LogP contribution is -2.46. The minimum absolute atomic E-state index is 0.0720. The number of benzene rings is 2. The molecule has 0 saturated carbocycles. The molecular weight excluding hydrogens is 366 g/mol. The second-order valence-corrected chi connectivity index (χ2v) is 7.07. The first-order valence-corrected chi connectivity index (χ1v) is 9.14. The van der Waals surface area contributed by atoms with Crippen molar-refractivity contribution in [2.24, 2.45) is 0 Å². The first kappa shape index (κ1) is 17.3. The molecule has 1 fully saturated rings. The summed E-state index contributed by atoms with van der Waals surface area (Å²) < 4.78 is 6.97. The molecule has 2 unspecified atom stereocenters. The van der Waals surface area contributed by atoms with Gasteiger partial charge in [0.1, 0.15) is 0 Å². The summed E-state index contributed by atoms with van der Waals surface area (Å²) in [5, 5.41) is 0. The van der Waals surface area contributed by atoms with Gasteiger partial charge in [0.25, 0.3) is 0 Å². The molecule has 3 nitrogen and oxygen atoms in total. The van der Waals surface area contributed by atoms with E-state index in [-0.39, 0.29) is 17.9 Å². The maximum absolute atomic E-state index is 12.4. The Hall–Kier alpha value is -1.49. The molecule has 1 heterocycles. The van der Waals surface area contributed by atoms with Crippen LogP contribution in [-0.2, 0) is 4.74 Å². The van der Waals surface area contributed by atoms with Crippen LogP contribution in [0.4, 0.5) is 0 Å². The monoisotopic (exact) mass is 387 g/mol. The minimum atomic E-state index is 0.0720. The highest BCUT2D eigenvalue weighted by Gasteiger charge is 2.29. The summed E-state index contributed by atoms with van der Waals surface area (Å²) in [4.78, 5) is 14.7. The smallest absolute Gasteiger partial charge is 0.164 e. The van der Waals surface area contributed by atoms with Gasteiger partial charge in [0, 0.05) is 35.6 Å². The van der Waals surface area contributed by atoms with Gasteiger partial charge in [0.2, 0.25) is 0 Å². The number of ketones is 1. The number of rotatable bonds is 5. The molecule has 1 aliphatic heterocycles. The van der Waals surface area contributed by atoms with Crippen LogP contribution in [0.2, 0.25) is 0 Å². The Morgan fingerprint density at radius 2 is 1.88 bits per heavy atom. The molecule has 24 heavy (non-hydrogen) atoms. The SMILES string of the molecule is CC1C(c2ccccc2)OCCN1CCC(=O)c1ccc(Br)cc1. The Morgan fingerprint density at radius 1 is 1.17 bits per heavy atom. The van der Waals surface area contributed by atoms with Crippen molar-refractivity contribution in [3.63, 3.8) is 0 Å². The van der Waals surface area contributed by atoms with E-state index >= 15 is 0 Å². The molecule has 0 aliphatic carbocycles. The van der Waals surface area contributed by atoms with Gasteiger partial charge in [-0.2, -0.15) is 0 Å². The molecule has 0 spiro atoms. The molecule has 2 aromatic rings. The summed E-state index contributed by atoms with van der Waals surface area (Å²) >= 11 is 3.40. The number of ether oxygens (including phenoxy) is 1. The van der Waals surface area contributed by atoms with Crippen molar-refractivity contribution in [1.29, 1.82) is 0 Å². The highest BCUT2D eigenvalue weighted by Crippen LogP contribution is 2.28. The van der Waals surface area contributed by atoms with E-state index in [1.807, 2.05) is 42.5 Å². The molecule has 0 amide bonds. The van der Waals surface area contributed by atoms with Crippen LogP contribution in [0.3, 0.4) is 0 Å². The van der Waals surface area contributed by atoms with Crippen LogP contribution < -0.4 is 0 Å². The van der Waals surface area contributed by atoms with Crippen molar-refractivity contribution in [3.8, 4) is 0 Å². The molecule has 3 rings (SSSR count). The number of hydrogen-bond acceptors (Lipinski definition) is 3. The van der Waals surface area contributed by atoms with E-state index in [1.165, 1.54) is 5.56 Å². The van der Waals surface area contributed by atoms with Gasteiger partial charge in [0.15, 0.2) is 5.78 Å². The number of carbonyl (C=O) groups excluding carboxylic acids is 1. The van der Waals surface area contributed by atoms with E-state index in [4.69, 9.17) is 4.74 Å². The third-order valence-corrected chi connectivity index (χ3v) is 5.14. The van der Waals surface area contributed by atoms with Crippen molar-refractivity contribution in [3.05, 3.63) is 70.2 Å². The van der Waals surface area contributed by atoms with Gasteiger partial charge < -0.3 is 4.74 Å². The van der Waals surface area contributed by atoms with Gasteiger partial charge in [-0.3, -0.25) is 9.69 Å². The van der Waals surface area contributed by atoms with Crippen LogP contribution in [0.5, 0.6) is 0 Å². The maximum Gasteiger partial charge on any atom is 0.164 e. The zero-order valence-electron chi connectivity index (χ0n) is 13.8. The molecule has 2 atom stereocenters. The van der Waals surface area contributed by atoms with Crippen molar-refractivity contribution >= 4 is 21.7 Å². The number of halogens is 1. The second kappa shape index (κ2) is 8.06. The highest BCUT2D eigenvalue weighted by atomic mass is 79.9. The normalized spacial score (nSPS) is 21.6. The lowest BCUT2D eigenvalue weighted by Gasteiger charge is -2.39. The fourth-order valence-corrected chi connectivity index (χ4v) is 3.45. The Bertz CT molecular complexity index is 672. The average Bonchev–Trinajstić information content (AvgIpc) is 2.62. The predicted octanol–water partition coefficient (Wildman–Crippen LogP) is 4.48. The van der Waals surface area contributed by atoms with Crippen molar-refractivity contribution < 1.29 is 9.53 Å². The third-order valence-electron chi connectivity index (χ3n) is 4.61. The summed E-state index contributed by atoms with van der Waals surface area (Å²) in [7, 11) is 0. The van der Waals surface area contributed by atoms with Gasteiger partial charge in [-0.15, -0.1) is 0 Å². The third kappa shape index (κ3) is 4.12. The zero-order valence-corrected chi connectivity index (χ0v) is 15.4. The summed E-state index contributed by atoms with van der Waals surface area (Å²) in [5.74, 6) is 0.192. The number of carbonyl (C=O) groups is 1. The van der Waals surface area contributed by atoms with E-state index in [9.17, 15) is 4.79 Å². The second-order valence-electron chi connectivity index (χ2n) is 6.16. The van der Waals surface area contributed by atoms with Gasteiger partial charge >= 0.3 is 0 Å². The Labute approximate surface area is 151 Å². The zero-order chi connectivity index (χ0) is 16.9. The van der Waals surface area contributed by atoms with Crippen LogP contribution in [0.25, 0.3) is 0 Å². The summed E-state index contributed by atoms with van der Waals surface area (Å²) in [5.41, 5.74) is 1.98. The fraction of sp³-hybridized carbons (Fsp3) is 0.350. The molecule has 1 aliphatic rings. The fourth-order valence-electron chi connectivity index (χ4n) is 3.19. The number of hydrogen-bond donors (Lipinski definition) is 0. The maximum atomic E-state index is 12.4. The lowest BCUT2D eigenvalue weighted by atomic mass is 10.00. The number of nitrogens with zero attached hydrogens (tertiary/aromatic N) is 1. The van der Waals surface area contributed by atoms with Crippen molar-refractivity contribution in [1.82, 2.24) is 4.90 Å². The molecule has 0 N–H and O–H groups in total. The summed E-state index contributed by atoms with van der Waals surface area (Å²) in [6.07, 6.45) is 0.607. The molecule has 126 valence electrons. The Morgan fingerprint density at radius 3 is 2.58 bits per heavy atom. The van der Waals surface area contributed by atoms with Gasteiger partial charge in [0.05, 0.1) is 12.7 Å². The van der Waals surface area contributed by atoms with Gasteiger partial charge in [-0.25, -0.2) is 0 Å². The summed E-state index contributed by atoms with van der Waals surface area (Å²) in [6, 6.07) is 18.2. The van der Waals surface area contributed by atoms with Gasteiger partial charge in [-0.1, -0.05) is 58.4 Å². The summed E-state index contributed by atoms with van der Waals surface area (Å²) in [6.45, 7) is 4.53. The number of Topliss-reactive ketones (excluding diaryl/α,β-unsaturated/α-hetero) is 1. The molecule has 1 saturated heterocycles. The standard InChI is InChI=1S/C20H22BrNO2/c1-15-20(17-5-3-2-4-6-17)24-14-13-22(15)12-11-19(23)16-7-9-18(21)10-8-16/h2-10,15,20H,11-14H2,1H3. The van der Waals surface area contributed by atoms with E-state index < -0.39 is 0 Å². The topological polar surface area (TPSA) is 29.5 Å². The van der Waals surface area contributed by atoms with Crippen molar-refractivity contribution in [2.75, 3.05) is 19.7 Å². The van der Waals surface area contributed by atoms with Crippen LogP contribution in [-0.4, -0.2) is 36.4 Å². The Kier molecular flexibility index (Phi) is 5.82. The van der Waals surface area contributed by atoms with Crippen LogP contribution in [0, 0.1) is 0 Å². The quantitative estimate of drug-likeness (QED) is 0.708. The molecular formula is C20H22BrNO2. The predicted molar refractivity (Wildman–Crippen MR) is 99.3 cm³/mol. The average molecular weight is 388 g/mol. The van der Waals surface area contributed by atoms with Crippen LogP contribution in [0.1, 0.15) is 35.4 Å². The van der Waals surface area contributed by atoms with Crippen LogP contribution in [0.15, 0.2) is 59.1 Å². The molecule has 2 aromatic carbocycles. The first-order chi connectivity index (χ1) is 11.6. The Balaban J connectivity index is 1.60. The van der Waals surface area contributed by atoms with Gasteiger partial charge in [-0.05, 0) is 24.6 Å².